The second kappa shape index (κ2) is 6.94. The molecule has 2 aromatic rings. The van der Waals surface area contributed by atoms with E-state index in [-0.39, 0.29) is 5.75 Å². The second-order valence-corrected chi connectivity index (χ2v) is 5.13. The van der Waals surface area contributed by atoms with Gasteiger partial charge in [0.1, 0.15) is 5.75 Å². The molecule has 7 heteroatoms. The first-order chi connectivity index (χ1) is 10.2. The number of carbonyl (C=O) groups is 1. The maximum atomic E-state index is 10.9. The van der Waals surface area contributed by atoms with E-state index in [9.17, 15) is 4.79 Å². The summed E-state index contributed by atoms with van der Waals surface area (Å²) in [5.74, 6) is 1.21. The molecule has 6 nitrogen and oxygen atoms in total. The number of allylic oxidation sites excluding steroid dienone is 1. The van der Waals surface area contributed by atoms with Crippen LogP contribution < -0.4 is 10.5 Å². The van der Waals surface area contributed by atoms with Crippen LogP contribution >= 0.6 is 11.8 Å². The van der Waals surface area contributed by atoms with Crippen molar-refractivity contribution in [3.8, 4) is 17.1 Å². The van der Waals surface area contributed by atoms with Gasteiger partial charge in [-0.05, 0) is 12.1 Å². The Balaban J connectivity index is 2.38. The lowest BCUT2D eigenvalue weighted by Crippen LogP contribution is -2.13. The van der Waals surface area contributed by atoms with Crippen LogP contribution in [-0.2, 0) is 11.3 Å². The molecular weight excluding hydrogens is 288 g/mol. The summed E-state index contributed by atoms with van der Waals surface area (Å²) in [4.78, 5) is 10.9. The Morgan fingerprint density at radius 1 is 1.52 bits per heavy atom. The highest BCUT2D eigenvalue weighted by atomic mass is 32.2. The fraction of sp³-hybridized carbons (Fsp3) is 0.214. The summed E-state index contributed by atoms with van der Waals surface area (Å²) in [6, 6.07) is 7.55. The molecule has 0 aliphatic heterocycles. The van der Waals surface area contributed by atoms with Crippen molar-refractivity contribution in [1.82, 2.24) is 14.8 Å². The number of benzene rings is 1. The maximum absolute atomic E-state index is 10.9. The Labute approximate surface area is 127 Å². The molecule has 1 amide bonds. The first kappa shape index (κ1) is 15.1. The average molecular weight is 304 g/mol. The van der Waals surface area contributed by atoms with Gasteiger partial charge in [0.15, 0.2) is 11.0 Å². The molecule has 110 valence electrons. The van der Waals surface area contributed by atoms with E-state index in [0.29, 0.717) is 17.5 Å². The molecule has 2 N–H and O–H groups in total. The van der Waals surface area contributed by atoms with Gasteiger partial charge in [0.2, 0.25) is 5.91 Å². The Morgan fingerprint density at radius 3 is 3.00 bits per heavy atom. The third-order valence-corrected chi connectivity index (χ3v) is 3.69. The van der Waals surface area contributed by atoms with Gasteiger partial charge in [-0.15, -0.1) is 16.8 Å². The van der Waals surface area contributed by atoms with Crippen molar-refractivity contribution in [1.29, 1.82) is 0 Å². The van der Waals surface area contributed by atoms with Crippen LogP contribution in [0.5, 0.6) is 5.75 Å². The van der Waals surface area contributed by atoms with E-state index in [2.05, 4.69) is 16.8 Å². The number of amides is 1. The van der Waals surface area contributed by atoms with Crippen LogP contribution in [0.2, 0.25) is 0 Å². The molecule has 0 saturated carbocycles. The lowest BCUT2D eigenvalue weighted by molar-refractivity contribution is -0.115. The third-order valence-electron chi connectivity index (χ3n) is 2.70. The van der Waals surface area contributed by atoms with Crippen molar-refractivity contribution < 1.29 is 9.53 Å². The molecule has 0 fully saturated rings. The average Bonchev–Trinajstić information content (AvgIpc) is 2.88. The maximum Gasteiger partial charge on any atom is 0.227 e. The van der Waals surface area contributed by atoms with E-state index in [4.69, 9.17) is 10.5 Å². The number of primary amides is 1. The number of rotatable bonds is 7. The van der Waals surface area contributed by atoms with E-state index in [1.165, 1.54) is 11.8 Å². The van der Waals surface area contributed by atoms with Crippen molar-refractivity contribution in [3.63, 3.8) is 0 Å². The zero-order valence-corrected chi connectivity index (χ0v) is 12.5. The number of nitrogens with zero attached hydrogens (tertiary/aromatic N) is 3. The lowest BCUT2D eigenvalue weighted by Gasteiger charge is -2.08. The molecule has 1 aromatic heterocycles. The van der Waals surface area contributed by atoms with Gasteiger partial charge in [-0.3, -0.25) is 9.36 Å². The summed E-state index contributed by atoms with van der Waals surface area (Å²) in [7, 11) is 1.61. The highest BCUT2D eigenvalue weighted by molar-refractivity contribution is 7.99. The van der Waals surface area contributed by atoms with Gasteiger partial charge in [0.05, 0.1) is 12.9 Å². The SMILES string of the molecule is C=CCn1c(SCC(N)=O)nnc1-c1cccc(OC)c1. The number of aromatic nitrogens is 3. The standard InChI is InChI=1S/C14H16N4O2S/c1-3-7-18-13(10-5-4-6-11(8-10)20-2)16-17-14(18)21-9-12(15)19/h3-6,8H,1,7,9H2,2H3,(H2,15,19). The summed E-state index contributed by atoms with van der Waals surface area (Å²) in [5.41, 5.74) is 6.05. The Bertz CT molecular complexity index is 654. The fourth-order valence-electron chi connectivity index (χ4n) is 1.80. The smallest absolute Gasteiger partial charge is 0.227 e. The number of nitrogens with two attached hydrogens (primary N) is 1. The predicted octanol–water partition coefficient (Wildman–Crippen LogP) is 1.72. The Kier molecular flexibility index (Phi) is 4.99. The summed E-state index contributed by atoms with van der Waals surface area (Å²) in [6.45, 7) is 4.28. The Hall–Kier alpha value is -2.28. The molecule has 1 aromatic carbocycles. The molecule has 0 aliphatic rings. The van der Waals surface area contributed by atoms with Crippen LogP contribution in [0.3, 0.4) is 0 Å². The normalized spacial score (nSPS) is 10.3. The summed E-state index contributed by atoms with van der Waals surface area (Å²) in [5, 5.41) is 8.94. The molecule has 0 radical (unpaired) electrons. The molecule has 1 heterocycles. The fourth-order valence-corrected chi connectivity index (χ4v) is 2.49. The van der Waals surface area contributed by atoms with Crippen LogP contribution in [0.1, 0.15) is 0 Å². The van der Waals surface area contributed by atoms with E-state index in [1.54, 1.807) is 13.2 Å². The zero-order valence-electron chi connectivity index (χ0n) is 11.7. The number of methoxy groups -OCH3 is 1. The van der Waals surface area contributed by atoms with Crippen molar-refractivity contribution in [2.75, 3.05) is 12.9 Å². The lowest BCUT2D eigenvalue weighted by atomic mass is 10.2. The van der Waals surface area contributed by atoms with Gasteiger partial charge in [-0.25, -0.2) is 0 Å². The molecule has 2 rings (SSSR count). The monoisotopic (exact) mass is 304 g/mol. The van der Waals surface area contributed by atoms with Crippen molar-refractivity contribution in [2.45, 2.75) is 11.7 Å². The van der Waals surface area contributed by atoms with Crippen LogP contribution in [0.25, 0.3) is 11.4 Å². The van der Waals surface area contributed by atoms with Crippen molar-refractivity contribution in [3.05, 3.63) is 36.9 Å². The minimum Gasteiger partial charge on any atom is -0.497 e. The van der Waals surface area contributed by atoms with Crippen molar-refractivity contribution in [2.24, 2.45) is 5.73 Å². The van der Waals surface area contributed by atoms with Gasteiger partial charge in [-0.2, -0.15) is 0 Å². The molecule has 0 spiro atoms. The first-order valence-corrected chi connectivity index (χ1v) is 7.24. The van der Waals surface area contributed by atoms with Gasteiger partial charge in [0.25, 0.3) is 0 Å². The number of hydrogen-bond donors (Lipinski definition) is 1. The topological polar surface area (TPSA) is 83.0 Å². The summed E-state index contributed by atoms with van der Waals surface area (Å²) < 4.78 is 7.10. The minimum atomic E-state index is -0.393. The summed E-state index contributed by atoms with van der Waals surface area (Å²) in [6.07, 6.45) is 1.75. The number of carbonyl (C=O) groups excluding carboxylic acids is 1. The zero-order chi connectivity index (χ0) is 15.2. The van der Waals surface area contributed by atoms with Gasteiger partial charge in [0, 0.05) is 12.1 Å². The van der Waals surface area contributed by atoms with E-state index in [0.717, 1.165) is 11.3 Å². The van der Waals surface area contributed by atoms with Gasteiger partial charge < -0.3 is 10.5 Å². The van der Waals surface area contributed by atoms with E-state index in [1.807, 2.05) is 28.8 Å². The molecule has 0 unspecified atom stereocenters. The van der Waals surface area contributed by atoms with Crippen molar-refractivity contribution >= 4 is 17.7 Å². The molecule has 0 saturated heterocycles. The second-order valence-electron chi connectivity index (χ2n) is 4.19. The molecule has 0 bridgehead atoms. The van der Waals surface area contributed by atoms with Gasteiger partial charge >= 0.3 is 0 Å². The quantitative estimate of drug-likeness (QED) is 0.622. The number of thioether (sulfide) groups is 1. The van der Waals surface area contributed by atoms with Crippen LogP contribution in [0.15, 0.2) is 42.1 Å². The van der Waals surface area contributed by atoms with Gasteiger partial charge in [-0.1, -0.05) is 30.0 Å². The molecule has 0 atom stereocenters. The van der Waals surface area contributed by atoms with Crippen LogP contribution in [0.4, 0.5) is 0 Å². The highest BCUT2D eigenvalue weighted by Gasteiger charge is 2.14. The summed E-state index contributed by atoms with van der Waals surface area (Å²) >= 11 is 1.26. The van der Waals surface area contributed by atoms with Crippen LogP contribution in [0, 0.1) is 0 Å². The van der Waals surface area contributed by atoms with E-state index < -0.39 is 5.91 Å². The predicted molar refractivity (Wildman–Crippen MR) is 82.1 cm³/mol. The molecule has 0 aliphatic carbocycles. The largest absolute Gasteiger partial charge is 0.497 e. The first-order valence-electron chi connectivity index (χ1n) is 6.25. The third kappa shape index (κ3) is 3.63. The molecular formula is C14H16N4O2S. The van der Waals surface area contributed by atoms with Crippen LogP contribution in [-0.4, -0.2) is 33.5 Å². The number of ether oxygens (including phenoxy) is 1. The Morgan fingerprint density at radius 2 is 2.33 bits per heavy atom. The number of hydrogen-bond acceptors (Lipinski definition) is 5. The molecule has 21 heavy (non-hydrogen) atoms. The van der Waals surface area contributed by atoms with E-state index >= 15 is 0 Å². The minimum absolute atomic E-state index is 0.160. The highest BCUT2D eigenvalue weighted by Crippen LogP contribution is 2.26.